The molecule has 3 rings (SSSR count). The van der Waals surface area contributed by atoms with Crippen LogP contribution in [-0.2, 0) is 21.5 Å². The Morgan fingerprint density at radius 1 is 1.00 bits per heavy atom. The molecule has 1 aromatic carbocycles. The summed E-state index contributed by atoms with van der Waals surface area (Å²) in [7, 11) is -3.40. The number of rotatable bonds is 4. The fourth-order valence-electron chi connectivity index (χ4n) is 3.63. The van der Waals surface area contributed by atoms with Crippen molar-refractivity contribution < 1.29 is 13.2 Å². The van der Waals surface area contributed by atoms with E-state index in [4.69, 9.17) is 4.74 Å². The molecule has 1 aromatic rings. The summed E-state index contributed by atoms with van der Waals surface area (Å²) in [5, 5.41) is 0. The number of hydrogen-bond acceptors (Lipinski definition) is 4. The summed E-state index contributed by atoms with van der Waals surface area (Å²) in [6.07, 6.45) is -0.110. The maximum Gasteiger partial charge on any atom is 0.282 e. The van der Waals surface area contributed by atoms with Crippen LogP contribution in [0.2, 0.25) is 0 Å². The third kappa shape index (κ3) is 4.41. The van der Waals surface area contributed by atoms with Gasteiger partial charge in [0.05, 0.1) is 12.2 Å². The van der Waals surface area contributed by atoms with Crippen LogP contribution in [0, 0.1) is 6.92 Å². The fourth-order valence-corrected chi connectivity index (χ4v) is 5.38. The minimum atomic E-state index is -3.40. The lowest BCUT2D eigenvalue weighted by Gasteiger charge is -2.40. The Hall–Kier alpha value is -0.990. The molecule has 2 aliphatic heterocycles. The number of morpholine rings is 1. The van der Waals surface area contributed by atoms with E-state index in [0.29, 0.717) is 26.2 Å². The highest BCUT2D eigenvalue weighted by atomic mass is 32.2. The molecule has 2 atom stereocenters. The van der Waals surface area contributed by atoms with Gasteiger partial charge in [-0.15, -0.1) is 0 Å². The van der Waals surface area contributed by atoms with Gasteiger partial charge in [-0.3, -0.25) is 4.90 Å². The van der Waals surface area contributed by atoms with Crippen LogP contribution in [0.5, 0.6) is 0 Å². The van der Waals surface area contributed by atoms with Gasteiger partial charge in [-0.05, 0) is 31.9 Å². The maximum absolute atomic E-state index is 12.9. The molecule has 2 saturated heterocycles. The molecule has 2 unspecified atom stereocenters. The molecule has 2 aliphatic rings. The van der Waals surface area contributed by atoms with Crippen LogP contribution in [0.4, 0.5) is 0 Å². The second-order valence-corrected chi connectivity index (χ2v) is 9.11. The zero-order chi connectivity index (χ0) is 18.0. The SMILES string of the molecule is Cc1ccccc1CN1CCN(S(=O)(=O)N2CC(C)OC(C)C2)CC1. The Bertz CT molecular complexity index is 677. The molecular weight excluding hydrogens is 338 g/mol. The molecule has 2 heterocycles. The minimum absolute atomic E-state index is 0.0548. The van der Waals surface area contributed by atoms with Crippen molar-refractivity contribution in [1.29, 1.82) is 0 Å². The van der Waals surface area contributed by atoms with E-state index in [-0.39, 0.29) is 12.2 Å². The van der Waals surface area contributed by atoms with E-state index >= 15 is 0 Å². The Balaban J connectivity index is 1.59. The molecule has 0 aromatic heterocycles. The zero-order valence-corrected chi connectivity index (χ0v) is 16.2. The normalized spacial score (nSPS) is 27.5. The first-order valence-corrected chi connectivity index (χ1v) is 10.4. The molecule has 0 aliphatic carbocycles. The summed E-state index contributed by atoms with van der Waals surface area (Å²) in [6.45, 7) is 10.4. The molecule has 6 nitrogen and oxygen atoms in total. The molecule has 7 heteroatoms. The van der Waals surface area contributed by atoms with Crippen LogP contribution in [0.1, 0.15) is 25.0 Å². The van der Waals surface area contributed by atoms with Crippen molar-refractivity contribution in [2.45, 2.75) is 39.5 Å². The van der Waals surface area contributed by atoms with E-state index in [2.05, 4.69) is 30.0 Å². The summed E-state index contributed by atoms with van der Waals surface area (Å²) in [5.41, 5.74) is 2.60. The molecular formula is C18H29N3O3S. The van der Waals surface area contributed by atoms with Gasteiger partial charge in [0.1, 0.15) is 0 Å². The summed E-state index contributed by atoms with van der Waals surface area (Å²) in [6, 6.07) is 8.38. The topological polar surface area (TPSA) is 53.1 Å². The van der Waals surface area contributed by atoms with Gasteiger partial charge in [0.25, 0.3) is 10.2 Å². The van der Waals surface area contributed by atoms with Crippen LogP contribution in [0.3, 0.4) is 0 Å². The Morgan fingerprint density at radius 3 is 2.20 bits per heavy atom. The minimum Gasteiger partial charge on any atom is -0.373 e. The molecule has 140 valence electrons. The molecule has 25 heavy (non-hydrogen) atoms. The smallest absolute Gasteiger partial charge is 0.282 e. The van der Waals surface area contributed by atoms with Crippen LogP contribution < -0.4 is 0 Å². The van der Waals surface area contributed by atoms with Gasteiger partial charge in [0.15, 0.2) is 0 Å². The number of aryl methyl sites for hydroxylation is 1. The van der Waals surface area contributed by atoms with E-state index in [0.717, 1.165) is 19.6 Å². The van der Waals surface area contributed by atoms with Crippen molar-refractivity contribution in [2.24, 2.45) is 0 Å². The lowest BCUT2D eigenvalue weighted by Crippen LogP contribution is -2.57. The van der Waals surface area contributed by atoms with E-state index in [1.54, 1.807) is 8.61 Å². The monoisotopic (exact) mass is 367 g/mol. The maximum atomic E-state index is 12.9. The largest absolute Gasteiger partial charge is 0.373 e. The molecule has 0 spiro atoms. The van der Waals surface area contributed by atoms with E-state index in [1.807, 2.05) is 19.9 Å². The summed E-state index contributed by atoms with van der Waals surface area (Å²) >= 11 is 0. The Morgan fingerprint density at radius 2 is 1.60 bits per heavy atom. The van der Waals surface area contributed by atoms with E-state index in [9.17, 15) is 8.42 Å². The molecule has 0 amide bonds. The highest BCUT2D eigenvalue weighted by Crippen LogP contribution is 2.20. The summed E-state index contributed by atoms with van der Waals surface area (Å²) in [5.74, 6) is 0. The van der Waals surface area contributed by atoms with Crippen LogP contribution in [0.15, 0.2) is 24.3 Å². The van der Waals surface area contributed by atoms with Gasteiger partial charge >= 0.3 is 0 Å². The van der Waals surface area contributed by atoms with Gasteiger partial charge in [-0.2, -0.15) is 17.0 Å². The van der Waals surface area contributed by atoms with Crippen molar-refractivity contribution >= 4 is 10.2 Å². The van der Waals surface area contributed by atoms with Crippen LogP contribution in [0.25, 0.3) is 0 Å². The molecule has 0 saturated carbocycles. The standard InChI is InChI=1S/C18H29N3O3S/c1-15-6-4-5-7-18(15)14-19-8-10-20(11-9-19)25(22,23)21-12-16(2)24-17(3)13-21/h4-7,16-17H,8-14H2,1-3H3. The predicted octanol–water partition coefficient (Wildman–Crippen LogP) is 1.47. The molecule has 0 radical (unpaired) electrons. The van der Waals surface area contributed by atoms with Gasteiger partial charge in [0.2, 0.25) is 0 Å². The molecule has 0 bridgehead atoms. The number of piperazine rings is 1. The third-order valence-corrected chi connectivity index (χ3v) is 6.99. The summed E-state index contributed by atoms with van der Waals surface area (Å²) in [4.78, 5) is 2.33. The van der Waals surface area contributed by atoms with Gasteiger partial charge in [-0.1, -0.05) is 24.3 Å². The number of benzene rings is 1. The number of ether oxygens (including phenoxy) is 1. The van der Waals surface area contributed by atoms with E-state index < -0.39 is 10.2 Å². The van der Waals surface area contributed by atoms with Crippen molar-refractivity contribution in [3.63, 3.8) is 0 Å². The van der Waals surface area contributed by atoms with Crippen LogP contribution in [-0.4, -0.2) is 73.4 Å². The number of hydrogen-bond donors (Lipinski definition) is 0. The molecule has 0 N–H and O–H groups in total. The first kappa shape index (κ1) is 18.8. The number of nitrogens with zero attached hydrogens (tertiary/aromatic N) is 3. The second kappa shape index (κ2) is 7.72. The highest BCUT2D eigenvalue weighted by Gasteiger charge is 2.36. The van der Waals surface area contributed by atoms with Crippen molar-refractivity contribution in [2.75, 3.05) is 39.3 Å². The van der Waals surface area contributed by atoms with Crippen molar-refractivity contribution in [1.82, 2.24) is 13.5 Å². The quantitative estimate of drug-likeness (QED) is 0.809. The van der Waals surface area contributed by atoms with Crippen molar-refractivity contribution in [3.05, 3.63) is 35.4 Å². The lowest BCUT2D eigenvalue weighted by molar-refractivity contribution is -0.0457. The molecule has 2 fully saturated rings. The fraction of sp³-hybridized carbons (Fsp3) is 0.667. The zero-order valence-electron chi connectivity index (χ0n) is 15.4. The second-order valence-electron chi connectivity index (χ2n) is 7.18. The Labute approximate surface area is 151 Å². The average Bonchev–Trinajstić information content (AvgIpc) is 2.56. The van der Waals surface area contributed by atoms with Gasteiger partial charge in [-0.25, -0.2) is 0 Å². The Kier molecular flexibility index (Phi) is 5.80. The van der Waals surface area contributed by atoms with Gasteiger partial charge < -0.3 is 4.74 Å². The first-order chi connectivity index (χ1) is 11.9. The van der Waals surface area contributed by atoms with Gasteiger partial charge in [0, 0.05) is 45.8 Å². The van der Waals surface area contributed by atoms with E-state index in [1.165, 1.54) is 11.1 Å². The van der Waals surface area contributed by atoms with Crippen LogP contribution >= 0.6 is 0 Å². The third-order valence-electron chi connectivity index (χ3n) is 5.03. The lowest BCUT2D eigenvalue weighted by atomic mass is 10.1. The predicted molar refractivity (Wildman–Crippen MR) is 98.5 cm³/mol. The first-order valence-electron chi connectivity index (χ1n) is 9.04. The van der Waals surface area contributed by atoms with Crippen molar-refractivity contribution in [3.8, 4) is 0 Å². The highest BCUT2D eigenvalue weighted by molar-refractivity contribution is 7.86. The average molecular weight is 368 g/mol. The summed E-state index contributed by atoms with van der Waals surface area (Å²) < 4.78 is 34.7.